The predicted molar refractivity (Wildman–Crippen MR) is 256 cm³/mol. The molecule has 5 nitrogen and oxygen atoms in total. The maximum absolute atomic E-state index is 6.69. The van der Waals surface area contributed by atoms with Crippen LogP contribution in [-0.4, -0.2) is 19.5 Å². The topological polar surface area (TPSA) is 56.7 Å². The molecule has 13 rings (SSSR count). The van der Waals surface area contributed by atoms with E-state index in [-0.39, 0.29) is 0 Å². The van der Waals surface area contributed by atoms with Crippen LogP contribution < -0.4 is 0 Å². The summed E-state index contributed by atoms with van der Waals surface area (Å²) in [7, 11) is 0. The second-order valence-electron chi connectivity index (χ2n) is 16.0. The summed E-state index contributed by atoms with van der Waals surface area (Å²) in [4.78, 5) is 16.4. The fourth-order valence-corrected chi connectivity index (χ4v) is 9.54. The number of furan rings is 1. The van der Waals surface area contributed by atoms with Crippen molar-refractivity contribution in [2.75, 3.05) is 0 Å². The van der Waals surface area contributed by atoms with Crippen LogP contribution in [0.15, 0.2) is 211 Å². The van der Waals surface area contributed by atoms with Crippen molar-refractivity contribution in [1.29, 1.82) is 0 Å². The molecule has 0 saturated heterocycles. The van der Waals surface area contributed by atoms with Gasteiger partial charge in [0.2, 0.25) is 5.95 Å². The average Bonchev–Trinajstić information content (AvgIpc) is 3.91. The molecule has 0 spiro atoms. The minimum absolute atomic E-state index is 0.546. The van der Waals surface area contributed by atoms with E-state index in [0.717, 1.165) is 104 Å². The van der Waals surface area contributed by atoms with Gasteiger partial charge in [-0.2, -0.15) is 9.97 Å². The van der Waals surface area contributed by atoms with Gasteiger partial charge in [-0.05, 0) is 62.7 Å². The monoisotopic (exact) mass is 790 g/mol. The molecule has 0 amide bonds. The van der Waals surface area contributed by atoms with Crippen molar-refractivity contribution in [3.63, 3.8) is 0 Å². The molecule has 0 bridgehead atoms. The average molecular weight is 791 g/mol. The Labute approximate surface area is 355 Å². The van der Waals surface area contributed by atoms with Gasteiger partial charge in [0.05, 0.1) is 11.0 Å². The molecule has 0 radical (unpaired) electrons. The number of hydrogen-bond donors (Lipinski definition) is 0. The zero-order valence-electron chi connectivity index (χ0n) is 33.3. The molecule has 3 aromatic heterocycles. The Balaban J connectivity index is 1.12. The summed E-state index contributed by atoms with van der Waals surface area (Å²) in [5.74, 6) is 1.69. The maximum atomic E-state index is 6.69. The van der Waals surface area contributed by atoms with E-state index in [1.165, 1.54) is 5.56 Å². The molecule has 288 valence electrons. The van der Waals surface area contributed by atoms with Gasteiger partial charge < -0.3 is 4.42 Å². The van der Waals surface area contributed by atoms with Crippen molar-refractivity contribution in [1.82, 2.24) is 19.5 Å². The summed E-state index contributed by atoms with van der Waals surface area (Å²) in [6.07, 6.45) is 0. The summed E-state index contributed by atoms with van der Waals surface area (Å²) < 4.78 is 8.96. The van der Waals surface area contributed by atoms with Crippen LogP contribution in [0.4, 0.5) is 0 Å². The summed E-state index contributed by atoms with van der Waals surface area (Å²) in [5, 5.41) is 11.0. The standard InChI is InChI=1S/C57H34N4O/c1-2-13-35(14-3-1)39-18-10-19-40(33-39)41-20-11-21-42(34-41)55-58-56(49-25-12-26-50-51(49)48-32-29-38-17-6-9-24-45(38)54(48)62-50)60-57(59-55)61-52-43-22-7-4-15-36(43)27-30-46(52)47-31-28-37-16-5-8-23-44(37)53(47)61/h1-34H. The fourth-order valence-electron chi connectivity index (χ4n) is 9.54. The lowest BCUT2D eigenvalue weighted by Gasteiger charge is -2.14. The highest BCUT2D eigenvalue weighted by molar-refractivity contribution is 6.24. The van der Waals surface area contributed by atoms with Crippen molar-refractivity contribution >= 4 is 76.1 Å². The highest BCUT2D eigenvalue weighted by Crippen LogP contribution is 2.42. The molecule has 0 aliphatic carbocycles. The third kappa shape index (κ3) is 5.32. The summed E-state index contributed by atoms with van der Waals surface area (Å²) >= 11 is 0. The first-order valence-electron chi connectivity index (χ1n) is 20.9. The molecule has 10 aromatic carbocycles. The normalized spacial score (nSPS) is 11.9. The van der Waals surface area contributed by atoms with Crippen LogP contribution in [0, 0.1) is 0 Å². The Morgan fingerprint density at radius 2 is 0.839 bits per heavy atom. The summed E-state index contributed by atoms with van der Waals surface area (Å²) in [5.41, 5.74) is 10.1. The minimum atomic E-state index is 0.546. The van der Waals surface area contributed by atoms with Gasteiger partial charge in [-0.25, -0.2) is 4.98 Å². The van der Waals surface area contributed by atoms with E-state index >= 15 is 0 Å². The molecule has 0 aliphatic heterocycles. The molecular weight excluding hydrogens is 757 g/mol. The molecule has 5 heteroatoms. The molecule has 0 saturated carbocycles. The predicted octanol–water partition coefficient (Wildman–Crippen LogP) is 15.0. The zero-order chi connectivity index (χ0) is 40.7. The van der Waals surface area contributed by atoms with Crippen LogP contribution in [0.3, 0.4) is 0 Å². The molecule has 0 fully saturated rings. The Morgan fingerprint density at radius 3 is 1.52 bits per heavy atom. The Bertz CT molecular complexity index is 3840. The third-order valence-corrected chi connectivity index (χ3v) is 12.4. The number of benzene rings is 10. The van der Waals surface area contributed by atoms with E-state index in [1.807, 2.05) is 12.1 Å². The second kappa shape index (κ2) is 13.6. The molecule has 62 heavy (non-hydrogen) atoms. The Kier molecular flexibility index (Phi) is 7.54. The number of nitrogens with zero attached hydrogens (tertiary/aromatic N) is 4. The van der Waals surface area contributed by atoms with Crippen LogP contribution in [-0.2, 0) is 0 Å². The summed E-state index contributed by atoms with van der Waals surface area (Å²) in [6.45, 7) is 0. The quantitative estimate of drug-likeness (QED) is 0.174. The van der Waals surface area contributed by atoms with Crippen LogP contribution in [0.1, 0.15) is 0 Å². The van der Waals surface area contributed by atoms with Crippen molar-refractivity contribution in [2.45, 2.75) is 0 Å². The van der Waals surface area contributed by atoms with Crippen molar-refractivity contribution in [3.8, 4) is 51.0 Å². The van der Waals surface area contributed by atoms with Crippen LogP contribution in [0.5, 0.6) is 0 Å². The van der Waals surface area contributed by atoms with Crippen molar-refractivity contribution in [3.05, 3.63) is 206 Å². The zero-order valence-corrected chi connectivity index (χ0v) is 33.3. The Morgan fingerprint density at radius 1 is 0.339 bits per heavy atom. The van der Waals surface area contributed by atoms with Gasteiger partial charge >= 0.3 is 0 Å². The first kappa shape index (κ1) is 34.5. The molecule has 0 unspecified atom stereocenters. The van der Waals surface area contributed by atoms with Crippen molar-refractivity contribution < 1.29 is 4.42 Å². The van der Waals surface area contributed by atoms with Gasteiger partial charge in [-0.3, -0.25) is 4.57 Å². The lowest BCUT2D eigenvalue weighted by molar-refractivity contribution is 0.672. The largest absolute Gasteiger partial charge is 0.455 e. The first-order valence-corrected chi connectivity index (χ1v) is 20.9. The van der Waals surface area contributed by atoms with Gasteiger partial charge in [0.15, 0.2) is 11.6 Å². The number of rotatable bonds is 5. The van der Waals surface area contributed by atoms with Gasteiger partial charge in [-0.15, -0.1) is 0 Å². The Hall–Kier alpha value is -8.41. The second-order valence-corrected chi connectivity index (χ2v) is 16.0. The highest BCUT2D eigenvalue weighted by Gasteiger charge is 2.23. The van der Waals surface area contributed by atoms with Crippen molar-refractivity contribution in [2.24, 2.45) is 0 Å². The lowest BCUT2D eigenvalue weighted by Crippen LogP contribution is -2.07. The third-order valence-electron chi connectivity index (χ3n) is 12.4. The van der Waals surface area contributed by atoms with Gasteiger partial charge in [0.25, 0.3) is 0 Å². The number of hydrogen-bond acceptors (Lipinski definition) is 4. The van der Waals surface area contributed by atoms with E-state index in [1.54, 1.807) is 0 Å². The van der Waals surface area contributed by atoms with E-state index in [0.29, 0.717) is 17.6 Å². The molecule has 13 aromatic rings. The minimum Gasteiger partial charge on any atom is -0.455 e. The molecular formula is C57H34N4O. The molecule has 0 N–H and O–H groups in total. The number of fused-ring (bicyclic) bond motifs is 12. The van der Waals surface area contributed by atoms with Gasteiger partial charge in [0, 0.05) is 48.8 Å². The molecule has 0 aliphatic rings. The lowest BCUT2D eigenvalue weighted by atomic mass is 9.98. The van der Waals surface area contributed by atoms with Crippen LogP contribution in [0.2, 0.25) is 0 Å². The van der Waals surface area contributed by atoms with Crippen LogP contribution >= 0.6 is 0 Å². The first-order chi connectivity index (χ1) is 30.7. The van der Waals surface area contributed by atoms with Gasteiger partial charge in [-0.1, -0.05) is 182 Å². The fraction of sp³-hybridized carbons (Fsp3) is 0. The molecule has 3 heterocycles. The van der Waals surface area contributed by atoms with Gasteiger partial charge in [0.1, 0.15) is 11.2 Å². The number of aromatic nitrogens is 4. The smallest absolute Gasteiger partial charge is 0.238 e. The van der Waals surface area contributed by atoms with Crippen LogP contribution in [0.25, 0.3) is 127 Å². The van der Waals surface area contributed by atoms with E-state index in [2.05, 4.69) is 199 Å². The van der Waals surface area contributed by atoms with E-state index in [4.69, 9.17) is 19.4 Å². The summed E-state index contributed by atoms with van der Waals surface area (Å²) in [6, 6.07) is 72.7. The highest BCUT2D eigenvalue weighted by atomic mass is 16.3. The SMILES string of the molecule is c1ccc(-c2cccc(-c3cccc(-c4nc(-c5cccc6oc7c8ccccc8ccc7c56)nc(-n5c6c7ccccc7ccc6c6ccc7ccccc7c65)n4)c3)c2)cc1. The maximum Gasteiger partial charge on any atom is 0.238 e. The van der Waals surface area contributed by atoms with E-state index < -0.39 is 0 Å². The van der Waals surface area contributed by atoms with E-state index in [9.17, 15) is 0 Å². The molecule has 0 atom stereocenters.